The Morgan fingerprint density at radius 2 is 0.556 bits per heavy atom. The van der Waals surface area contributed by atoms with Crippen molar-refractivity contribution in [3.63, 3.8) is 0 Å². The number of nitrogens with zero attached hydrogens (tertiary/aromatic N) is 5. The number of para-hydroxylation sites is 10. The zero-order valence-electron chi connectivity index (χ0n) is 73.7. The minimum atomic E-state index is -5.05. The Hall–Kier alpha value is -15.9. The summed E-state index contributed by atoms with van der Waals surface area (Å²) in [5.41, 5.74) is 10.7. The number of carbonyl (C=O) groups is 4. The summed E-state index contributed by atoms with van der Waals surface area (Å²) in [7, 11) is -3.66. The zero-order chi connectivity index (χ0) is 98.7. The monoisotopic (exact) mass is 2130 g/mol. The standard InChI is InChI=1S/C26H19N3OS.C22H13F6N3OS.2C20H14BrN3OS.C19H15N3O2S2/c30-25(20-16-14-19(15-17-20)18-8-3-1-4-9-18)28-22-12-7-13-23-24(22)29-26(31-23)27-21-10-5-2-6-11-21;23-21(24,25)13-9-12(10-14(11-13)22(26,27)28)19(32)30-16-7-4-8-17-18(16)31-20(33-17)29-15-5-2-1-3-6-15;21-14-7-4-6-13(12-14)19(25)23-16-10-5-11-17-18(16)24-20(26-17)22-15-8-2-1-3-9-15;21-15-10-5-4-9-14(15)19(25)23-16-11-6-12-17-18(16)24-20(26-17)22-13-7-2-1-3-8-13;23-26(24,15-10-5-2-6-11-15)22-16-12-7-13-17-18(16)21-19(25-17)20-14-8-3-1-4-9-14/h1-17H,(H,27,29)(H,28,30);1-11H,(H,29,31)(H,30,32);2*1-12H,(H,22,24)(H,23,25);1-13,22H,(H,20,21). The molecule has 0 saturated carbocycles. The van der Waals surface area contributed by atoms with E-state index in [-0.39, 0.29) is 34.4 Å². The van der Waals surface area contributed by atoms with Gasteiger partial charge in [-0.3, -0.25) is 23.9 Å². The first-order valence-corrected chi connectivity index (χ1v) is 50.3. The molecular formula is C107H75Br2F6N15O6S6. The molecule has 0 aliphatic carbocycles. The number of benzene rings is 16. The number of carbonyl (C=O) groups excluding carboxylic acids is 4. The normalized spacial score (nSPS) is 11.1. The number of amides is 4. The quantitative estimate of drug-likeness (QED) is 0.0282. The molecule has 0 aliphatic rings. The zero-order valence-corrected chi connectivity index (χ0v) is 81.8. The van der Waals surface area contributed by atoms with Crippen LogP contribution >= 0.6 is 88.5 Å². The van der Waals surface area contributed by atoms with Gasteiger partial charge in [-0.1, -0.05) is 273 Å². The second-order valence-electron chi connectivity index (χ2n) is 30.8. The molecule has 0 aliphatic heterocycles. The van der Waals surface area contributed by atoms with Crippen molar-refractivity contribution in [2.45, 2.75) is 17.2 Å². The number of thiazole rings is 5. The lowest BCUT2D eigenvalue weighted by Gasteiger charge is -2.14. The van der Waals surface area contributed by atoms with Gasteiger partial charge in [0.1, 0.15) is 27.6 Å². The van der Waals surface area contributed by atoms with Crippen molar-refractivity contribution in [3.8, 4) is 11.1 Å². The lowest BCUT2D eigenvalue weighted by molar-refractivity contribution is -0.143. The molecule has 0 atom stereocenters. The lowest BCUT2D eigenvalue weighted by Crippen LogP contribution is -2.17. The van der Waals surface area contributed by atoms with Crippen LogP contribution in [0.1, 0.15) is 52.6 Å². The molecule has 10 N–H and O–H groups in total. The van der Waals surface area contributed by atoms with Crippen LogP contribution in [0.15, 0.2) is 408 Å². The molecule has 0 saturated heterocycles. The summed E-state index contributed by atoms with van der Waals surface area (Å²) in [6.07, 6.45) is -10.1. The highest BCUT2D eigenvalue weighted by molar-refractivity contribution is 9.10. The van der Waals surface area contributed by atoms with Crippen molar-refractivity contribution in [3.05, 3.63) is 437 Å². The highest BCUT2D eigenvalue weighted by Crippen LogP contribution is 2.42. The van der Waals surface area contributed by atoms with Gasteiger partial charge in [0.05, 0.1) is 73.5 Å². The summed E-state index contributed by atoms with van der Waals surface area (Å²) < 4.78 is 113. The first kappa shape index (κ1) is 97.8. The largest absolute Gasteiger partial charge is 0.416 e. The molecule has 16 aromatic carbocycles. The van der Waals surface area contributed by atoms with E-state index < -0.39 is 45.0 Å². The van der Waals surface area contributed by atoms with Crippen molar-refractivity contribution in [1.29, 1.82) is 0 Å². The molecule has 21 nitrogen and oxygen atoms in total. The maximum atomic E-state index is 13.1. The number of nitrogens with one attached hydrogen (secondary N) is 10. The van der Waals surface area contributed by atoms with Crippen molar-refractivity contribution in [2.75, 3.05) is 52.6 Å². The number of hydrogen-bond acceptors (Lipinski definition) is 21. The minimum absolute atomic E-state index is 0.0283. The number of rotatable bonds is 22. The van der Waals surface area contributed by atoms with Crippen molar-refractivity contribution in [1.82, 2.24) is 24.9 Å². The SMILES string of the molecule is O=C(Nc1cccc2sc(Nc3ccccc3)nc12)c1cc(C(F)(F)F)cc(C(F)(F)F)c1.O=C(Nc1cccc2sc(Nc3ccccc3)nc12)c1ccc(-c2ccccc2)cc1.O=C(Nc1cccc2sc(Nc3ccccc3)nc12)c1cccc(Br)c1.O=C(Nc1cccc2sc(Nc3ccccc3)nc12)c1ccccc1Br.O=S(=O)(Nc1cccc2sc(Nc3ccccc3)nc12)c1ccccc1. The topological polar surface area (TPSA) is 287 Å². The van der Waals surface area contributed by atoms with E-state index in [1.165, 1.54) is 28.7 Å². The Labute approximate surface area is 845 Å². The first-order valence-electron chi connectivity index (χ1n) is 43.1. The highest BCUT2D eigenvalue weighted by Gasteiger charge is 2.38. The van der Waals surface area contributed by atoms with Gasteiger partial charge in [0.25, 0.3) is 33.7 Å². The maximum absolute atomic E-state index is 13.1. The fourth-order valence-electron chi connectivity index (χ4n) is 14.1. The molecule has 35 heteroatoms. The summed E-state index contributed by atoms with van der Waals surface area (Å²) in [6, 6.07) is 118. The summed E-state index contributed by atoms with van der Waals surface area (Å²) >= 11 is 14.2. The van der Waals surface area contributed by atoms with Gasteiger partial charge in [-0.2, -0.15) is 26.3 Å². The van der Waals surface area contributed by atoms with E-state index in [9.17, 15) is 53.9 Å². The van der Waals surface area contributed by atoms with Gasteiger partial charge in [-0.05, 0) is 221 Å². The highest BCUT2D eigenvalue weighted by atomic mass is 79.9. The van der Waals surface area contributed by atoms with E-state index in [0.717, 1.165) is 99.3 Å². The third kappa shape index (κ3) is 25.4. The number of hydrogen-bond donors (Lipinski definition) is 10. The van der Waals surface area contributed by atoms with Gasteiger partial charge >= 0.3 is 12.4 Å². The molecule has 21 aromatic rings. The van der Waals surface area contributed by atoms with Crippen LogP contribution in [0.3, 0.4) is 0 Å². The van der Waals surface area contributed by atoms with Crippen LogP contribution in [0.25, 0.3) is 62.2 Å². The molecular weight excluding hydrogens is 2060 g/mol. The van der Waals surface area contributed by atoms with Crippen molar-refractivity contribution < 1.29 is 53.9 Å². The van der Waals surface area contributed by atoms with E-state index >= 15 is 0 Å². The fourth-order valence-corrected chi connectivity index (χ4v) is 20.6. The number of sulfonamides is 1. The predicted octanol–water partition coefficient (Wildman–Crippen LogP) is 31.2. The number of alkyl halides is 6. The third-order valence-corrected chi connectivity index (χ3v) is 28.1. The van der Waals surface area contributed by atoms with Gasteiger partial charge in [-0.25, -0.2) is 33.3 Å². The molecule has 5 heterocycles. The number of aromatic nitrogens is 5. The fraction of sp³-hybridized carbons (Fsp3) is 0.0187. The van der Waals surface area contributed by atoms with Gasteiger partial charge in [0.15, 0.2) is 25.7 Å². The maximum Gasteiger partial charge on any atom is 0.416 e. The van der Waals surface area contributed by atoms with Gasteiger partial charge in [-0.15, -0.1) is 0 Å². The van der Waals surface area contributed by atoms with Gasteiger partial charge < -0.3 is 47.9 Å². The molecule has 0 spiro atoms. The number of anilines is 15. The van der Waals surface area contributed by atoms with Crippen LogP contribution in [0, 0.1) is 0 Å². The van der Waals surface area contributed by atoms with Crippen LogP contribution < -0.4 is 52.6 Å². The second kappa shape index (κ2) is 44.9. The first-order chi connectivity index (χ1) is 68.8. The Morgan fingerprint density at radius 1 is 0.268 bits per heavy atom. The average Bonchev–Trinajstić information content (AvgIpc) is 1.29. The molecule has 706 valence electrons. The van der Waals surface area contributed by atoms with E-state index in [1.54, 1.807) is 101 Å². The average molecular weight is 2130 g/mol. The lowest BCUT2D eigenvalue weighted by atomic mass is 10.0. The van der Waals surface area contributed by atoms with E-state index in [4.69, 9.17) is 4.98 Å². The van der Waals surface area contributed by atoms with E-state index in [0.29, 0.717) is 77.6 Å². The third-order valence-electron chi connectivity index (χ3n) is 20.8. The molecule has 5 aromatic heterocycles. The number of halogens is 8. The molecule has 142 heavy (non-hydrogen) atoms. The molecule has 0 fully saturated rings. The van der Waals surface area contributed by atoms with Crippen LogP contribution in [0.2, 0.25) is 0 Å². The Balaban J connectivity index is 0.000000123. The molecule has 21 rings (SSSR count). The second-order valence-corrected chi connectivity index (χ2v) is 39.4. The van der Waals surface area contributed by atoms with Gasteiger partial charge in [0, 0.05) is 54.1 Å². The predicted molar refractivity (Wildman–Crippen MR) is 572 cm³/mol. The summed E-state index contributed by atoms with van der Waals surface area (Å²) in [6.45, 7) is 0. The molecule has 0 radical (unpaired) electrons. The van der Waals surface area contributed by atoms with E-state index in [2.05, 4.69) is 117 Å². The van der Waals surface area contributed by atoms with Gasteiger partial charge in [0.2, 0.25) is 0 Å². The van der Waals surface area contributed by atoms with Crippen LogP contribution in [-0.4, -0.2) is 57.0 Å². The van der Waals surface area contributed by atoms with Crippen molar-refractivity contribution in [2.24, 2.45) is 0 Å². The summed E-state index contributed by atoms with van der Waals surface area (Å²) in [5.74, 6) is -1.61. The van der Waals surface area contributed by atoms with Crippen LogP contribution in [0.5, 0.6) is 0 Å². The van der Waals surface area contributed by atoms with Crippen LogP contribution in [-0.2, 0) is 22.4 Å². The molecule has 0 unspecified atom stereocenters. The smallest absolute Gasteiger partial charge is 0.332 e. The Bertz CT molecular complexity index is 8140. The molecule has 0 bridgehead atoms. The number of fused-ring (bicyclic) bond motifs is 5. The van der Waals surface area contributed by atoms with Crippen molar-refractivity contribution >= 4 is 256 Å². The summed E-state index contributed by atoms with van der Waals surface area (Å²) in [5, 5.41) is 31.2. The van der Waals surface area contributed by atoms with Crippen LogP contribution in [0.4, 0.5) is 109 Å². The summed E-state index contributed by atoms with van der Waals surface area (Å²) in [4.78, 5) is 73.8. The minimum Gasteiger partial charge on any atom is -0.332 e. The molecule has 4 amide bonds. The van der Waals surface area contributed by atoms with E-state index in [1.807, 2.05) is 291 Å². The Kier molecular flexibility index (Phi) is 30.9. The Morgan fingerprint density at radius 3 is 0.901 bits per heavy atom.